The Morgan fingerprint density at radius 1 is 1.29 bits per heavy atom. The lowest BCUT2D eigenvalue weighted by molar-refractivity contribution is -0.254. The zero-order valence-corrected chi connectivity index (χ0v) is 12.2. The van der Waals surface area contributed by atoms with Crippen LogP contribution in [-0.2, 0) is 10.3 Å². The van der Waals surface area contributed by atoms with E-state index < -0.39 is 29.4 Å². The molecule has 0 amide bonds. The van der Waals surface area contributed by atoms with Gasteiger partial charge in [0.25, 0.3) is 0 Å². The second-order valence-corrected chi connectivity index (χ2v) is 6.19. The molecular formula is C15H20O6. The van der Waals surface area contributed by atoms with Crippen LogP contribution in [0.1, 0.15) is 43.1 Å². The van der Waals surface area contributed by atoms with Crippen molar-refractivity contribution in [1.29, 1.82) is 0 Å². The summed E-state index contributed by atoms with van der Waals surface area (Å²) >= 11 is 0. The van der Waals surface area contributed by atoms with Crippen molar-refractivity contribution >= 4 is 5.97 Å². The van der Waals surface area contributed by atoms with E-state index in [0.717, 1.165) is 6.07 Å². The van der Waals surface area contributed by atoms with Gasteiger partial charge in [-0.3, -0.25) is 0 Å². The third kappa shape index (κ3) is 2.74. The van der Waals surface area contributed by atoms with Gasteiger partial charge in [-0.1, -0.05) is 6.07 Å². The van der Waals surface area contributed by atoms with Crippen molar-refractivity contribution in [2.24, 2.45) is 0 Å². The number of aromatic hydroxyl groups is 1. The minimum absolute atomic E-state index is 0.0319. The minimum Gasteiger partial charge on any atom is -0.508 e. The number of phenols is 1. The fraction of sp³-hybridized carbons (Fsp3) is 0.533. The topological polar surface area (TPSA) is 107 Å². The molecule has 1 saturated heterocycles. The van der Waals surface area contributed by atoms with Crippen LogP contribution >= 0.6 is 0 Å². The van der Waals surface area contributed by atoms with Gasteiger partial charge in [-0.2, -0.15) is 0 Å². The summed E-state index contributed by atoms with van der Waals surface area (Å²) in [5, 5.41) is 39.0. The number of hydrogen-bond acceptors (Lipinski definition) is 5. The molecule has 21 heavy (non-hydrogen) atoms. The molecule has 1 aliphatic heterocycles. The normalized spacial score (nSPS) is 31.9. The molecule has 0 spiro atoms. The average molecular weight is 296 g/mol. The number of carbonyl (C=O) groups is 1. The predicted molar refractivity (Wildman–Crippen MR) is 74.2 cm³/mol. The summed E-state index contributed by atoms with van der Waals surface area (Å²) in [5.41, 5.74) is -1.67. The van der Waals surface area contributed by atoms with E-state index in [1.165, 1.54) is 12.1 Å². The van der Waals surface area contributed by atoms with E-state index in [1.54, 1.807) is 20.8 Å². The lowest BCUT2D eigenvalue weighted by Crippen LogP contribution is -2.57. The highest BCUT2D eigenvalue weighted by Gasteiger charge is 2.49. The maximum atomic E-state index is 10.9. The third-order valence-electron chi connectivity index (χ3n) is 3.98. The fourth-order valence-electron chi connectivity index (χ4n) is 2.93. The SMILES string of the molecule is CC1(C)O[C@@](C)(c2ccc(C(=O)O)cc2O)C[C@H](O)[C@@H]1O. The van der Waals surface area contributed by atoms with Crippen molar-refractivity contribution in [3.63, 3.8) is 0 Å². The van der Waals surface area contributed by atoms with Gasteiger partial charge in [-0.05, 0) is 32.9 Å². The van der Waals surface area contributed by atoms with Gasteiger partial charge < -0.3 is 25.2 Å². The number of phenolic OH excluding ortho intramolecular Hbond substituents is 1. The molecule has 0 bridgehead atoms. The molecule has 1 heterocycles. The number of aliphatic hydroxyl groups is 2. The molecule has 1 aliphatic rings. The van der Waals surface area contributed by atoms with E-state index in [1.807, 2.05) is 0 Å². The zero-order valence-electron chi connectivity index (χ0n) is 12.2. The van der Waals surface area contributed by atoms with Crippen LogP contribution in [0.25, 0.3) is 0 Å². The number of aliphatic hydroxyl groups excluding tert-OH is 2. The largest absolute Gasteiger partial charge is 0.508 e. The van der Waals surface area contributed by atoms with E-state index in [-0.39, 0.29) is 17.7 Å². The number of ether oxygens (including phenoxy) is 1. The Balaban J connectivity index is 2.43. The molecule has 2 rings (SSSR count). The van der Waals surface area contributed by atoms with Gasteiger partial charge in [0.1, 0.15) is 11.9 Å². The quantitative estimate of drug-likeness (QED) is 0.654. The van der Waals surface area contributed by atoms with Crippen LogP contribution in [0.5, 0.6) is 5.75 Å². The Kier molecular flexibility index (Phi) is 3.73. The minimum atomic E-state index is -1.14. The van der Waals surface area contributed by atoms with Crippen molar-refractivity contribution in [2.75, 3.05) is 0 Å². The lowest BCUT2D eigenvalue weighted by atomic mass is 9.79. The number of hydrogen-bond donors (Lipinski definition) is 4. The van der Waals surface area contributed by atoms with E-state index in [9.17, 15) is 20.1 Å². The molecule has 1 fully saturated rings. The number of benzene rings is 1. The highest BCUT2D eigenvalue weighted by atomic mass is 16.5. The molecule has 0 saturated carbocycles. The monoisotopic (exact) mass is 296 g/mol. The molecule has 0 unspecified atom stereocenters. The molecule has 1 aromatic carbocycles. The number of rotatable bonds is 2. The molecule has 116 valence electrons. The summed E-state index contributed by atoms with van der Waals surface area (Å²) < 4.78 is 5.89. The smallest absolute Gasteiger partial charge is 0.335 e. The second-order valence-electron chi connectivity index (χ2n) is 6.19. The van der Waals surface area contributed by atoms with Gasteiger partial charge >= 0.3 is 5.97 Å². The van der Waals surface area contributed by atoms with Gasteiger partial charge in [-0.15, -0.1) is 0 Å². The van der Waals surface area contributed by atoms with Crippen LogP contribution < -0.4 is 0 Å². The summed E-state index contributed by atoms with van der Waals surface area (Å²) in [6.07, 6.45) is -1.94. The standard InChI is InChI=1S/C15H20O6/c1-14(2)12(18)11(17)7-15(3,21-14)9-5-4-8(13(19)20)6-10(9)16/h4-6,11-12,16-18H,7H2,1-3H3,(H,19,20)/t11-,12-,15+/m0/s1. The molecule has 0 aliphatic carbocycles. The van der Waals surface area contributed by atoms with Crippen molar-refractivity contribution in [2.45, 2.75) is 50.6 Å². The fourth-order valence-corrected chi connectivity index (χ4v) is 2.93. The van der Waals surface area contributed by atoms with Crippen LogP contribution in [0.2, 0.25) is 0 Å². The van der Waals surface area contributed by atoms with Crippen molar-refractivity contribution in [1.82, 2.24) is 0 Å². The highest BCUT2D eigenvalue weighted by molar-refractivity contribution is 5.88. The van der Waals surface area contributed by atoms with E-state index >= 15 is 0 Å². The van der Waals surface area contributed by atoms with Gasteiger partial charge in [0.05, 0.1) is 22.9 Å². The summed E-state index contributed by atoms with van der Waals surface area (Å²) in [4.78, 5) is 10.9. The number of aromatic carboxylic acids is 1. The molecule has 6 heteroatoms. The first-order valence-corrected chi connectivity index (χ1v) is 6.70. The maximum absolute atomic E-state index is 10.9. The first kappa shape index (κ1) is 15.8. The Hall–Kier alpha value is -1.63. The Morgan fingerprint density at radius 3 is 2.38 bits per heavy atom. The summed E-state index contributed by atoms with van der Waals surface area (Å²) in [6, 6.07) is 3.99. The lowest BCUT2D eigenvalue weighted by Gasteiger charge is -2.48. The molecule has 4 N–H and O–H groups in total. The van der Waals surface area contributed by atoms with Crippen molar-refractivity contribution in [3.8, 4) is 5.75 Å². The first-order chi connectivity index (χ1) is 9.57. The van der Waals surface area contributed by atoms with E-state index in [2.05, 4.69) is 0 Å². The van der Waals surface area contributed by atoms with Gasteiger partial charge in [0.2, 0.25) is 0 Å². The molecule has 0 aromatic heterocycles. The number of carboxylic acid groups (broad SMARTS) is 1. The van der Waals surface area contributed by atoms with Crippen LogP contribution in [-0.4, -0.2) is 44.2 Å². The summed E-state index contributed by atoms with van der Waals surface area (Å²) in [6.45, 7) is 5.00. The maximum Gasteiger partial charge on any atom is 0.335 e. The van der Waals surface area contributed by atoms with Crippen LogP contribution in [0.3, 0.4) is 0 Å². The Labute approximate surface area is 122 Å². The Bertz CT molecular complexity index is 567. The Morgan fingerprint density at radius 2 is 1.90 bits per heavy atom. The van der Waals surface area contributed by atoms with Crippen LogP contribution in [0, 0.1) is 0 Å². The molecular weight excluding hydrogens is 276 g/mol. The summed E-state index contributed by atoms with van der Waals surface area (Å²) in [5.74, 6) is -1.35. The van der Waals surface area contributed by atoms with Crippen molar-refractivity contribution in [3.05, 3.63) is 29.3 Å². The third-order valence-corrected chi connectivity index (χ3v) is 3.98. The molecule has 6 nitrogen and oxygen atoms in total. The second kappa shape index (κ2) is 4.98. The zero-order chi connectivity index (χ0) is 16.0. The van der Waals surface area contributed by atoms with Gasteiger partial charge in [-0.25, -0.2) is 4.79 Å². The molecule has 3 atom stereocenters. The average Bonchev–Trinajstić information content (AvgIpc) is 2.34. The molecule has 0 radical (unpaired) electrons. The summed E-state index contributed by atoms with van der Waals surface area (Å²) in [7, 11) is 0. The van der Waals surface area contributed by atoms with Crippen LogP contribution in [0.4, 0.5) is 0 Å². The van der Waals surface area contributed by atoms with E-state index in [4.69, 9.17) is 9.84 Å². The molecule has 1 aromatic rings. The van der Waals surface area contributed by atoms with E-state index in [0.29, 0.717) is 5.56 Å². The number of carboxylic acids is 1. The first-order valence-electron chi connectivity index (χ1n) is 6.70. The van der Waals surface area contributed by atoms with Crippen LogP contribution in [0.15, 0.2) is 18.2 Å². The highest BCUT2D eigenvalue weighted by Crippen LogP contribution is 2.44. The van der Waals surface area contributed by atoms with Gasteiger partial charge in [0, 0.05) is 12.0 Å². The predicted octanol–water partition coefficient (Wildman–Crippen LogP) is 1.23. The van der Waals surface area contributed by atoms with Gasteiger partial charge in [0.15, 0.2) is 0 Å². The van der Waals surface area contributed by atoms with Crippen molar-refractivity contribution < 1.29 is 30.0 Å².